The van der Waals surface area contributed by atoms with E-state index in [4.69, 9.17) is 4.74 Å². The number of hydrogen-bond donors (Lipinski definition) is 0. The van der Waals surface area contributed by atoms with Gasteiger partial charge in [-0.15, -0.1) is 0 Å². The van der Waals surface area contributed by atoms with Crippen molar-refractivity contribution in [1.29, 1.82) is 0 Å². The quantitative estimate of drug-likeness (QED) is 0.373. The predicted molar refractivity (Wildman–Crippen MR) is 113 cm³/mol. The van der Waals surface area contributed by atoms with E-state index in [2.05, 4.69) is 0 Å². The first-order chi connectivity index (χ1) is 13.9. The van der Waals surface area contributed by atoms with Crippen LogP contribution in [-0.2, 0) is 12.5 Å². The van der Waals surface area contributed by atoms with Crippen molar-refractivity contribution in [3.8, 4) is 5.75 Å². The molecule has 0 radical (unpaired) electrons. The fourth-order valence-corrected chi connectivity index (χ4v) is 3.13. The summed E-state index contributed by atoms with van der Waals surface area (Å²) in [5.74, 6) is -0.425. The van der Waals surface area contributed by atoms with Crippen LogP contribution in [0.5, 0.6) is 5.75 Å². The summed E-state index contributed by atoms with van der Waals surface area (Å²) in [4.78, 5) is 0. The van der Waals surface area contributed by atoms with Crippen LogP contribution >= 0.6 is 0 Å². The third-order valence-electron chi connectivity index (χ3n) is 4.64. The molecule has 0 unspecified atom stereocenters. The molecule has 0 amide bonds. The van der Waals surface area contributed by atoms with Gasteiger partial charge in [0.05, 0.1) is 5.56 Å². The first-order valence-corrected chi connectivity index (χ1v) is 9.56. The van der Waals surface area contributed by atoms with Crippen molar-refractivity contribution in [1.82, 2.24) is 0 Å². The Bertz CT molecular complexity index is 1030. The van der Waals surface area contributed by atoms with Crippen LogP contribution in [0.4, 0.5) is 13.2 Å². The molecule has 0 fully saturated rings. The normalized spacial score (nSPS) is 12.3. The summed E-state index contributed by atoms with van der Waals surface area (Å²) in [5, 5.41) is 1.25. The number of benzene rings is 3. The Morgan fingerprint density at radius 2 is 1.66 bits per heavy atom. The number of alkyl halides is 2. The van der Waals surface area contributed by atoms with Gasteiger partial charge >= 0.3 is 6.11 Å². The average Bonchev–Trinajstić information content (AvgIpc) is 2.69. The van der Waals surface area contributed by atoms with E-state index in [1.54, 1.807) is 43.3 Å². The Balaban J connectivity index is 1.80. The first kappa shape index (κ1) is 20.7. The molecule has 0 N–H and O–H groups in total. The zero-order chi connectivity index (χ0) is 20.9. The number of rotatable bonds is 7. The molecule has 0 aromatic heterocycles. The molecule has 150 valence electrons. The van der Waals surface area contributed by atoms with Gasteiger partial charge in [0.1, 0.15) is 11.6 Å². The highest BCUT2D eigenvalue weighted by Gasteiger charge is 2.34. The van der Waals surface area contributed by atoms with Gasteiger partial charge in [-0.1, -0.05) is 42.5 Å². The Morgan fingerprint density at radius 3 is 2.34 bits per heavy atom. The van der Waals surface area contributed by atoms with Crippen LogP contribution in [-0.4, -0.2) is 0 Å². The van der Waals surface area contributed by atoms with Gasteiger partial charge in [0.2, 0.25) is 0 Å². The van der Waals surface area contributed by atoms with Crippen molar-refractivity contribution in [2.24, 2.45) is 0 Å². The number of halogens is 3. The summed E-state index contributed by atoms with van der Waals surface area (Å²) >= 11 is 0. The van der Waals surface area contributed by atoms with Crippen LogP contribution in [0.15, 0.2) is 72.8 Å². The minimum atomic E-state index is -3.49. The second kappa shape index (κ2) is 8.99. The summed E-state index contributed by atoms with van der Waals surface area (Å²) in [6.45, 7) is 3.75. The van der Waals surface area contributed by atoms with Crippen LogP contribution in [0.1, 0.15) is 37.0 Å². The fourth-order valence-electron chi connectivity index (χ4n) is 3.13. The maximum Gasteiger partial charge on any atom is 0.426 e. The van der Waals surface area contributed by atoms with Gasteiger partial charge in [-0.2, -0.15) is 8.78 Å². The topological polar surface area (TPSA) is 9.23 Å². The standard InChI is InChI=1S/C25H23F3O/c1-3-5-6-8-18-9-12-22(13-10-18)25(27,28)29-23-14-11-19-15-20(7-4-2)24(26)17-21(19)16-23/h3-5,7,9-17H,6,8H2,1-2H3/b5-3+,7-4+. The molecule has 0 aliphatic rings. The van der Waals surface area contributed by atoms with E-state index in [9.17, 15) is 13.2 Å². The van der Waals surface area contributed by atoms with Gasteiger partial charge in [-0.05, 0) is 79.4 Å². The summed E-state index contributed by atoms with van der Waals surface area (Å²) in [7, 11) is 0. The van der Waals surface area contributed by atoms with Crippen LogP contribution in [0.2, 0.25) is 0 Å². The number of ether oxygens (including phenoxy) is 1. The fraction of sp³-hybridized carbons (Fsp3) is 0.200. The molecule has 0 saturated carbocycles. The van der Waals surface area contributed by atoms with Crippen LogP contribution in [0.3, 0.4) is 0 Å². The lowest BCUT2D eigenvalue weighted by Gasteiger charge is -2.19. The summed E-state index contributed by atoms with van der Waals surface area (Å²) in [6.07, 6.45) is 5.58. The lowest BCUT2D eigenvalue weighted by Crippen LogP contribution is -2.21. The highest BCUT2D eigenvalue weighted by atomic mass is 19.3. The first-order valence-electron chi connectivity index (χ1n) is 9.56. The van der Waals surface area contributed by atoms with Gasteiger partial charge in [-0.25, -0.2) is 4.39 Å². The SMILES string of the molecule is C/C=C/CCc1ccc(C(F)(F)Oc2ccc3cc(/C=C/C)c(F)cc3c2)cc1. The molecule has 0 saturated heterocycles. The molecule has 0 heterocycles. The van der Waals surface area contributed by atoms with Gasteiger partial charge in [-0.3, -0.25) is 0 Å². The van der Waals surface area contributed by atoms with Gasteiger partial charge < -0.3 is 4.74 Å². The third kappa shape index (κ3) is 5.08. The highest BCUT2D eigenvalue weighted by Crippen LogP contribution is 2.33. The second-order valence-electron chi connectivity index (χ2n) is 6.81. The monoisotopic (exact) mass is 396 g/mol. The maximum atomic E-state index is 14.6. The summed E-state index contributed by atoms with van der Waals surface area (Å²) < 4.78 is 48.3. The zero-order valence-electron chi connectivity index (χ0n) is 16.5. The Hall–Kier alpha value is -3.01. The molecule has 0 atom stereocenters. The molecule has 0 bridgehead atoms. The molecular weight excluding hydrogens is 373 g/mol. The van der Waals surface area contributed by atoms with Crippen LogP contribution in [0.25, 0.3) is 16.8 Å². The molecule has 1 nitrogen and oxygen atoms in total. The van der Waals surface area contributed by atoms with E-state index in [0.717, 1.165) is 23.8 Å². The van der Waals surface area contributed by atoms with Crippen molar-refractivity contribution in [2.45, 2.75) is 32.8 Å². The number of hydrogen-bond acceptors (Lipinski definition) is 1. The molecule has 3 aromatic rings. The smallest absolute Gasteiger partial charge is 0.426 e. The average molecular weight is 396 g/mol. The van der Waals surface area contributed by atoms with Gasteiger partial charge in [0, 0.05) is 5.56 Å². The van der Waals surface area contributed by atoms with Gasteiger partial charge in [0.25, 0.3) is 0 Å². The van der Waals surface area contributed by atoms with Crippen molar-refractivity contribution in [3.63, 3.8) is 0 Å². The van der Waals surface area contributed by atoms with Gasteiger partial charge in [0.15, 0.2) is 0 Å². The van der Waals surface area contributed by atoms with Crippen molar-refractivity contribution in [3.05, 3.63) is 95.3 Å². The molecule has 0 aliphatic carbocycles. The van der Waals surface area contributed by atoms with Crippen molar-refractivity contribution in [2.75, 3.05) is 0 Å². The van der Waals surface area contributed by atoms with Crippen LogP contribution < -0.4 is 4.74 Å². The molecule has 4 heteroatoms. The van der Waals surface area contributed by atoms with Crippen molar-refractivity contribution < 1.29 is 17.9 Å². The van der Waals surface area contributed by atoms with E-state index < -0.39 is 11.9 Å². The molecular formula is C25H23F3O. The maximum absolute atomic E-state index is 14.6. The molecule has 3 aromatic carbocycles. The molecule has 29 heavy (non-hydrogen) atoms. The highest BCUT2D eigenvalue weighted by molar-refractivity contribution is 5.86. The zero-order valence-corrected chi connectivity index (χ0v) is 16.5. The third-order valence-corrected chi connectivity index (χ3v) is 4.64. The number of aryl methyl sites for hydroxylation is 1. The minimum absolute atomic E-state index is 0.0159. The lowest BCUT2D eigenvalue weighted by molar-refractivity contribution is -0.185. The van der Waals surface area contributed by atoms with E-state index in [0.29, 0.717) is 10.9 Å². The minimum Gasteiger partial charge on any atom is -0.429 e. The molecule has 3 rings (SSSR count). The Labute approximate surface area is 169 Å². The number of allylic oxidation sites excluding steroid dienone is 3. The summed E-state index contributed by atoms with van der Waals surface area (Å²) in [5.41, 5.74) is 1.22. The molecule has 0 aliphatic heterocycles. The van der Waals surface area contributed by atoms with E-state index in [1.807, 2.05) is 19.1 Å². The summed E-state index contributed by atoms with van der Waals surface area (Å²) in [6, 6.07) is 13.7. The van der Waals surface area contributed by atoms with Crippen molar-refractivity contribution >= 4 is 16.8 Å². The Morgan fingerprint density at radius 1 is 0.897 bits per heavy atom. The van der Waals surface area contributed by atoms with E-state index in [1.165, 1.54) is 30.3 Å². The predicted octanol–water partition coefficient (Wildman–Crippen LogP) is 7.65. The number of fused-ring (bicyclic) bond motifs is 1. The van der Waals surface area contributed by atoms with E-state index >= 15 is 0 Å². The lowest BCUT2D eigenvalue weighted by atomic mass is 10.1. The van der Waals surface area contributed by atoms with E-state index in [-0.39, 0.29) is 11.3 Å². The largest absolute Gasteiger partial charge is 0.429 e. The van der Waals surface area contributed by atoms with Crippen LogP contribution in [0, 0.1) is 5.82 Å². The Kier molecular flexibility index (Phi) is 6.42. The molecule has 0 spiro atoms. The second-order valence-corrected chi connectivity index (χ2v) is 6.81.